The van der Waals surface area contributed by atoms with E-state index in [2.05, 4.69) is 15.5 Å². The van der Waals surface area contributed by atoms with Crippen LogP contribution in [0, 0.1) is 11.2 Å². The molecule has 9 heteroatoms. The predicted octanol–water partition coefficient (Wildman–Crippen LogP) is 3.75. The molecule has 6 rings (SSSR count). The quantitative estimate of drug-likeness (QED) is 0.560. The van der Waals surface area contributed by atoms with Crippen LogP contribution in [-0.2, 0) is 4.79 Å². The molecule has 0 saturated heterocycles. The number of amides is 1. The Hall–Kier alpha value is -3.26. The number of nitrogens with one attached hydrogen (secondary N) is 1. The molecule has 0 atom stereocenters. The molecule has 3 fully saturated rings. The van der Waals surface area contributed by atoms with Crippen LogP contribution in [0.1, 0.15) is 36.0 Å². The van der Waals surface area contributed by atoms with Gasteiger partial charge in [-0.05, 0) is 55.0 Å². The molecule has 2 aromatic carbocycles. The van der Waals surface area contributed by atoms with Gasteiger partial charge in [-0.15, -0.1) is 10.2 Å². The summed E-state index contributed by atoms with van der Waals surface area (Å²) in [6, 6.07) is 11.3. The molecule has 3 aromatic rings. The number of nitrogens with zero attached hydrogens (tertiary/aromatic N) is 3. The van der Waals surface area contributed by atoms with Gasteiger partial charge >= 0.3 is 0 Å². The lowest BCUT2D eigenvalue weighted by molar-refractivity contribution is -0.162. The van der Waals surface area contributed by atoms with Gasteiger partial charge in [0.2, 0.25) is 0 Å². The number of Topliss-reactive ketones (excluding diaryl/α,β-unsaturated/α-hetero) is 1. The van der Waals surface area contributed by atoms with Crippen molar-refractivity contribution in [2.45, 2.75) is 31.2 Å². The molecule has 32 heavy (non-hydrogen) atoms. The first-order chi connectivity index (χ1) is 15.4. The average Bonchev–Trinajstić information content (AvgIpc) is 3.27. The molecule has 3 aliphatic rings. The summed E-state index contributed by atoms with van der Waals surface area (Å²) in [6.07, 6.45) is 5.87. The third kappa shape index (κ3) is 3.86. The van der Waals surface area contributed by atoms with Gasteiger partial charge in [0.05, 0.1) is 5.02 Å². The molecule has 3 saturated carbocycles. The highest BCUT2D eigenvalue weighted by Gasteiger charge is 2.68. The van der Waals surface area contributed by atoms with E-state index in [1.54, 1.807) is 29.4 Å². The first-order valence-corrected chi connectivity index (χ1v) is 10.6. The Morgan fingerprint density at radius 3 is 2.59 bits per heavy atom. The Morgan fingerprint density at radius 2 is 1.88 bits per heavy atom. The van der Waals surface area contributed by atoms with E-state index in [0.717, 1.165) is 24.9 Å². The predicted molar refractivity (Wildman–Crippen MR) is 114 cm³/mol. The number of carbonyl (C=O) groups excluding carboxylic acids is 2. The summed E-state index contributed by atoms with van der Waals surface area (Å²) >= 11 is 5.65. The van der Waals surface area contributed by atoms with Crippen LogP contribution in [0.5, 0.6) is 5.75 Å². The van der Waals surface area contributed by atoms with Gasteiger partial charge in [0.15, 0.2) is 5.78 Å². The summed E-state index contributed by atoms with van der Waals surface area (Å²) in [5, 5.41) is 10.7. The van der Waals surface area contributed by atoms with Crippen molar-refractivity contribution in [2.75, 3.05) is 6.61 Å². The van der Waals surface area contributed by atoms with Crippen LogP contribution in [0.3, 0.4) is 0 Å². The molecule has 1 heterocycles. The van der Waals surface area contributed by atoms with E-state index in [9.17, 15) is 14.0 Å². The number of hydrogen-bond donors (Lipinski definition) is 1. The number of aromatic nitrogens is 3. The molecule has 1 amide bonds. The van der Waals surface area contributed by atoms with Crippen molar-refractivity contribution in [3.05, 3.63) is 71.5 Å². The van der Waals surface area contributed by atoms with Gasteiger partial charge in [0.25, 0.3) is 5.91 Å². The van der Waals surface area contributed by atoms with E-state index in [1.807, 2.05) is 12.1 Å². The molecule has 7 nitrogen and oxygen atoms in total. The lowest BCUT2D eigenvalue weighted by Crippen LogP contribution is -2.75. The summed E-state index contributed by atoms with van der Waals surface area (Å²) in [7, 11) is 0. The molecule has 3 aliphatic carbocycles. The Labute approximate surface area is 188 Å². The van der Waals surface area contributed by atoms with Gasteiger partial charge in [-0.2, -0.15) is 0 Å². The van der Waals surface area contributed by atoms with Crippen LogP contribution in [0.2, 0.25) is 5.02 Å². The summed E-state index contributed by atoms with van der Waals surface area (Å²) in [6.45, 7) is -0.113. The Kier molecular flexibility index (Phi) is 4.97. The van der Waals surface area contributed by atoms with Crippen LogP contribution < -0.4 is 10.1 Å². The molecule has 2 bridgehead atoms. The zero-order valence-corrected chi connectivity index (χ0v) is 17.8. The van der Waals surface area contributed by atoms with Crippen LogP contribution in [-0.4, -0.2) is 38.6 Å². The van der Waals surface area contributed by atoms with Crippen molar-refractivity contribution in [3.8, 4) is 11.4 Å². The molecular formula is C23H20ClFN4O3. The lowest BCUT2D eigenvalue weighted by Gasteiger charge is -2.70. The fourth-order valence-corrected chi connectivity index (χ4v) is 5.09. The van der Waals surface area contributed by atoms with Gasteiger partial charge in [-0.3, -0.25) is 14.2 Å². The number of benzene rings is 2. The van der Waals surface area contributed by atoms with Gasteiger partial charge in [-0.25, -0.2) is 4.39 Å². The largest absolute Gasteiger partial charge is 0.486 e. The van der Waals surface area contributed by atoms with Gasteiger partial charge < -0.3 is 10.1 Å². The highest BCUT2D eigenvalue weighted by molar-refractivity contribution is 6.30. The summed E-state index contributed by atoms with van der Waals surface area (Å²) in [5.74, 6) is -0.481. The van der Waals surface area contributed by atoms with Crippen molar-refractivity contribution < 1.29 is 18.7 Å². The Morgan fingerprint density at radius 1 is 1.12 bits per heavy atom. The van der Waals surface area contributed by atoms with Gasteiger partial charge in [0.1, 0.15) is 30.8 Å². The number of halogens is 2. The van der Waals surface area contributed by atoms with E-state index in [1.165, 1.54) is 18.2 Å². The van der Waals surface area contributed by atoms with Crippen LogP contribution in [0.25, 0.3) is 5.69 Å². The Bertz CT molecular complexity index is 1180. The van der Waals surface area contributed by atoms with E-state index in [4.69, 9.17) is 16.3 Å². The molecule has 0 unspecified atom stereocenters. The summed E-state index contributed by atoms with van der Waals surface area (Å²) in [5.41, 5.74) is 1.07. The van der Waals surface area contributed by atoms with Crippen LogP contribution in [0.4, 0.5) is 4.39 Å². The minimum absolute atomic E-state index is 0.00958. The molecule has 1 N–H and O–H groups in total. The standard InChI is InChI=1S/C23H20ClFN4O3/c24-19-5-4-18(7-20(19)25)32-9-17(30)8-22-10-23(11-22,12-22)28-21(31)15-2-1-3-16(6-15)29-13-26-27-14-29/h1-7,13-14H,8-12H2,(H,28,31). The molecular weight excluding hydrogens is 435 g/mol. The maximum Gasteiger partial charge on any atom is 0.251 e. The zero-order valence-electron chi connectivity index (χ0n) is 17.1. The van der Waals surface area contributed by atoms with Gasteiger partial charge in [0, 0.05) is 29.3 Å². The van der Waals surface area contributed by atoms with E-state index in [0.29, 0.717) is 12.0 Å². The molecule has 164 valence electrons. The maximum atomic E-state index is 13.5. The second-order valence-corrected chi connectivity index (χ2v) is 9.17. The second-order valence-electron chi connectivity index (χ2n) is 8.76. The van der Waals surface area contributed by atoms with E-state index < -0.39 is 5.82 Å². The van der Waals surface area contributed by atoms with Crippen molar-refractivity contribution in [2.24, 2.45) is 5.41 Å². The SMILES string of the molecule is O=C(COc1ccc(Cl)c(F)c1)CC12CC(NC(=O)c3cccc(-n4cnnc4)c3)(C1)C2. The summed E-state index contributed by atoms with van der Waals surface area (Å²) < 4.78 is 20.6. The molecule has 1 aromatic heterocycles. The van der Waals surface area contributed by atoms with Gasteiger partial charge in [-0.1, -0.05) is 17.7 Å². The molecule has 0 aliphatic heterocycles. The van der Waals surface area contributed by atoms with Crippen molar-refractivity contribution in [1.29, 1.82) is 0 Å². The second kappa shape index (κ2) is 7.70. The lowest BCUT2D eigenvalue weighted by atomic mass is 9.38. The molecule has 0 spiro atoms. The first kappa shape index (κ1) is 20.6. The van der Waals surface area contributed by atoms with Crippen LogP contribution >= 0.6 is 11.6 Å². The van der Waals surface area contributed by atoms with Crippen molar-refractivity contribution >= 4 is 23.3 Å². The number of rotatable bonds is 8. The third-order valence-corrected chi connectivity index (χ3v) is 6.51. The minimum atomic E-state index is -0.582. The number of ketones is 1. The average molecular weight is 455 g/mol. The highest BCUT2D eigenvalue weighted by Crippen LogP contribution is 2.69. The maximum absolute atomic E-state index is 13.5. The highest BCUT2D eigenvalue weighted by atomic mass is 35.5. The smallest absolute Gasteiger partial charge is 0.251 e. The number of hydrogen-bond acceptors (Lipinski definition) is 5. The minimum Gasteiger partial charge on any atom is -0.486 e. The van der Waals surface area contributed by atoms with E-state index >= 15 is 0 Å². The summed E-state index contributed by atoms with van der Waals surface area (Å²) in [4.78, 5) is 25.1. The Balaban J connectivity index is 1.12. The fraction of sp³-hybridized carbons (Fsp3) is 0.304. The third-order valence-electron chi connectivity index (χ3n) is 6.21. The fourth-order valence-electron chi connectivity index (χ4n) is 4.97. The van der Waals surface area contributed by atoms with Crippen molar-refractivity contribution in [1.82, 2.24) is 20.1 Å². The van der Waals surface area contributed by atoms with Crippen LogP contribution in [0.15, 0.2) is 55.1 Å². The normalized spacial score (nSPS) is 23.1. The topological polar surface area (TPSA) is 86.1 Å². The van der Waals surface area contributed by atoms with E-state index in [-0.39, 0.29) is 40.0 Å². The monoisotopic (exact) mass is 454 g/mol. The zero-order chi connectivity index (χ0) is 22.3. The number of carbonyl (C=O) groups is 2. The molecule has 0 radical (unpaired) electrons. The number of ether oxygens (including phenoxy) is 1. The van der Waals surface area contributed by atoms with Crippen molar-refractivity contribution in [3.63, 3.8) is 0 Å². The first-order valence-electron chi connectivity index (χ1n) is 10.2.